The van der Waals surface area contributed by atoms with Crippen LogP contribution < -0.4 is 10.5 Å². The van der Waals surface area contributed by atoms with Gasteiger partial charge in [0, 0.05) is 6.20 Å². The summed E-state index contributed by atoms with van der Waals surface area (Å²) in [5.74, 6) is 0.320. The van der Waals surface area contributed by atoms with Crippen LogP contribution in [0.1, 0.15) is 10.4 Å². The Labute approximate surface area is 62.2 Å². The zero-order chi connectivity index (χ0) is 7.84. The van der Waals surface area contributed by atoms with E-state index >= 15 is 0 Å². The lowest BCUT2D eigenvalue weighted by Gasteiger charge is -1.94. The first-order valence-corrected chi connectivity index (χ1v) is 3.06. The van der Waals surface area contributed by atoms with Crippen molar-refractivity contribution in [2.24, 2.45) is 0 Å². The number of anilines is 1. The lowest BCUT2D eigenvalue weighted by atomic mass is 10.2. The summed E-state index contributed by atoms with van der Waals surface area (Å²) < 4.78 is 4.91. The van der Waals surface area contributed by atoms with Gasteiger partial charge in [-0.15, -0.1) is 0 Å². The number of ether oxygens (including phenoxy) is 1. The maximum absolute atomic E-state index is 10.9. The molecule has 0 saturated carbocycles. The molecule has 1 aromatic rings. The van der Waals surface area contributed by atoms with Crippen LogP contribution in [0.2, 0.25) is 0 Å². The van der Waals surface area contributed by atoms with Crippen molar-refractivity contribution in [3.63, 3.8) is 0 Å². The molecule has 56 valence electrons. The van der Waals surface area contributed by atoms with Gasteiger partial charge in [0.05, 0.1) is 0 Å². The minimum Gasteiger partial charge on any atom is -0.469 e. The van der Waals surface area contributed by atoms with Crippen LogP contribution in [0.15, 0.2) is 6.20 Å². The molecular formula is C6H5N3O2. The van der Waals surface area contributed by atoms with E-state index in [0.29, 0.717) is 11.4 Å². The third-order valence-corrected chi connectivity index (χ3v) is 1.41. The van der Waals surface area contributed by atoms with Gasteiger partial charge < -0.3 is 10.5 Å². The number of hydrogen-bond donors (Lipinski definition) is 1. The number of nitrogen functional groups attached to an aromatic ring is 1. The average molecular weight is 151 g/mol. The molecule has 0 aromatic carbocycles. The normalized spacial score (nSPS) is 14.4. The van der Waals surface area contributed by atoms with Crippen molar-refractivity contribution >= 4 is 11.7 Å². The van der Waals surface area contributed by atoms with Crippen LogP contribution in [0.3, 0.4) is 0 Å². The fraction of sp³-hybridized carbons (Fsp3) is 0.167. The highest BCUT2D eigenvalue weighted by molar-refractivity contribution is 6.01. The van der Waals surface area contributed by atoms with Crippen molar-refractivity contribution < 1.29 is 9.53 Å². The van der Waals surface area contributed by atoms with Crippen LogP contribution in [0.4, 0.5) is 5.95 Å². The molecule has 2 rings (SSSR count). The van der Waals surface area contributed by atoms with Crippen molar-refractivity contribution in [3.05, 3.63) is 11.8 Å². The fourth-order valence-electron chi connectivity index (χ4n) is 0.892. The van der Waals surface area contributed by atoms with Gasteiger partial charge in [-0.1, -0.05) is 0 Å². The highest BCUT2D eigenvalue weighted by Crippen LogP contribution is 2.21. The Morgan fingerprint density at radius 2 is 2.45 bits per heavy atom. The molecule has 2 N–H and O–H groups in total. The Morgan fingerprint density at radius 1 is 1.64 bits per heavy atom. The fourth-order valence-corrected chi connectivity index (χ4v) is 0.892. The van der Waals surface area contributed by atoms with Crippen molar-refractivity contribution in [2.75, 3.05) is 12.3 Å². The molecule has 0 unspecified atom stereocenters. The van der Waals surface area contributed by atoms with Crippen molar-refractivity contribution in [1.82, 2.24) is 9.97 Å². The summed E-state index contributed by atoms with van der Waals surface area (Å²) in [6.07, 6.45) is 1.38. The van der Waals surface area contributed by atoms with Gasteiger partial charge in [0.2, 0.25) is 17.6 Å². The maximum Gasteiger partial charge on any atom is 0.229 e. The first-order valence-electron chi connectivity index (χ1n) is 3.06. The molecule has 1 aliphatic heterocycles. The number of hydrogen-bond acceptors (Lipinski definition) is 5. The maximum atomic E-state index is 10.9. The lowest BCUT2D eigenvalue weighted by Crippen LogP contribution is -1.99. The molecule has 5 heteroatoms. The third-order valence-electron chi connectivity index (χ3n) is 1.41. The Morgan fingerprint density at radius 3 is 3.27 bits per heavy atom. The minimum absolute atomic E-state index is 0.0491. The van der Waals surface area contributed by atoms with Crippen LogP contribution in [0.25, 0.3) is 0 Å². The first kappa shape index (κ1) is 6.09. The Hall–Kier alpha value is -1.65. The Bertz CT molecular complexity index is 324. The van der Waals surface area contributed by atoms with Gasteiger partial charge in [-0.2, -0.15) is 4.98 Å². The van der Waals surface area contributed by atoms with E-state index in [-0.39, 0.29) is 18.3 Å². The number of fused-ring (bicyclic) bond motifs is 1. The molecule has 0 aliphatic carbocycles. The van der Waals surface area contributed by atoms with Gasteiger partial charge in [-0.3, -0.25) is 4.79 Å². The smallest absolute Gasteiger partial charge is 0.229 e. The molecule has 1 aliphatic rings. The van der Waals surface area contributed by atoms with E-state index < -0.39 is 0 Å². The number of rotatable bonds is 0. The summed E-state index contributed by atoms with van der Waals surface area (Å²) in [5, 5.41) is 0. The molecule has 0 atom stereocenters. The van der Waals surface area contributed by atoms with Gasteiger partial charge >= 0.3 is 0 Å². The molecule has 5 nitrogen and oxygen atoms in total. The van der Waals surface area contributed by atoms with E-state index in [1.807, 2.05) is 0 Å². The number of Topliss-reactive ketones (excluding diaryl/α,β-unsaturated/α-hetero) is 1. The zero-order valence-electron chi connectivity index (χ0n) is 5.57. The van der Waals surface area contributed by atoms with E-state index in [1.54, 1.807) is 0 Å². The summed E-state index contributed by atoms with van der Waals surface area (Å²) in [4.78, 5) is 18.3. The minimum atomic E-state index is -0.0972. The van der Waals surface area contributed by atoms with E-state index in [1.165, 1.54) is 6.20 Å². The second-order valence-corrected chi connectivity index (χ2v) is 2.16. The standard InChI is InChI=1S/C6H5N3O2/c7-6-8-1-3-4(10)2-11-5(3)9-6/h1H,2H2,(H2,7,8,9). The summed E-state index contributed by atoms with van der Waals surface area (Å²) >= 11 is 0. The van der Waals surface area contributed by atoms with Gasteiger partial charge in [0.25, 0.3) is 0 Å². The monoisotopic (exact) mass is 151 g/mol. The highest BCUT2D eigenvalue weighted by Gasteiger charge is 2.22. The van der Waals surface area contributed by atoms with Crippen LogP contribution in [0.5, 0.6) is 5.88 Å². The van der Waals surface area contributed by atoms with Crippen LogP contribution in [-0.4, -0.2) is 22.4 Å². The molecule has 1 aromatic heterocycles. The molecular weight excluding hydrogens is 146 g/mol. The van der Waals surface area contributed by atoms with Gasteiger partial charge in [-0.25, -0.2) is 4.98 Å². The Kier molecular flexibility index (Phi) is 1.06. The third kappa shape index (κ3) is 0.813. The molecule has 0 radical (unpaired) electrons. The number of carbonyl (C=O) groups excluding carboxylic acids is 1. The van der Waals surface area contributed by atoms with E-state index in [4.69, 9.17) is 10.5 Å². The molecule has 0 bridgehead atoms. The summed E-state index contributed by atoms with van der Waals surface area (Å²) in [5.41, 5.74) is 5.68. The van der Waals surface area contributed by atoms with Crippen LogP contribution in [-0.2, 0) is 0 Å². The number of carbonyl (C=O) groups is 1. The van der Waals surface area contributed by atoms with E-state index in [9.17, 15) is 4.79 Å². The SMILES string of the molecule is Nc1ncc2c(n1)OCC2=O. The predicted molar refractivity (Wildman–Crippen MR) is 36.3 cm³/mol. The quantitative estimate of drug-likeness (QED) is 0.547. The molecule has 0 saturated heterocycles. The van der Waals surface area contributed by atoms with E-state index in [2.05, 4.69) is 9.97 Å². The second-order valence-electron chi connectivity index (χ2n) is 2.16. The summed E-state index contributed by atoms with van der Waals surface area (Å²) in [6.45, 7) is 0.0491. The number of nitrogens with two attached hydrogens (primary N) is 1. The highest BCUT2D eigenvalue weighted by atomic mass is 16.5. The van der Waals surface area contributed by atoms with Crippen LogP contribution >= 0.6 is 0 Å². The molecule has 0 amide bonds. The second kappa shape index (κ2) is 1.91. The zero-order valence-corrected chi connectivity index (χ0v) is 5.57. The number of ketones is 1. The lowest BCUT2D eigenvalue weighted by molar-refractivity contribution is 0.0960. The van der Waals surface area contributed by atoms with Gasteiger partial charge in [-0.05, 0) is 0 Å². The van der Waals surface area contributed by atoms with Crippen LogP contribution in [0, 0.1) is 0 Å². The summed E-state index contributed by atoms with van der Waals surface area (Å²) in [7, 11) is 0. The Balaban J connectivity index is 2.59. The van der Waals surface area contributed by atoms with Crippen molar-refractivity contribution in [2.45, 2.75) is 0 Å². The largest absolute Gasteiger partial charge is 0.469 e. The first-order chi connectivity index (χ1) is 5.27. The van der Waals surface area contributed by atoms with Gasteiger partial charge in [0.15, 0.2) is 6.61 Å². The topological polar surface area (TPSA) is 78.1 Å². The van der Waals surface area contributed by atoms with E-state index in [0.717, 1.165) is 0 Å². The summed E-state index contributed by atoms with van der Waals surface area (Å²) in [6, 6.07) is 0. The number of aromatic nitrogens is 2. The average Bonchev–Trinajstić information content (AvgIpc) is 2.32. The molecule has 0 spiro atoms. The molecule has 2 heterocycles. The number of nitrogens with zero attached hydrogens (tertiary/aromatic N) is 2. The van der Waals surface area contributed by atoms with Crippen molar-refractivity contribution in [1.29, 1.82) is 0 Å². The molecule has 0 fully saturated rings. The van der Waals surface area contributed by atoms with Gasteiger partial charge in [0.1, 0.15) is 5.56 Å². The molecule has 11 heavy (non-hydrogen) atoms. The predicted octanol–water partition coefficient (Wildman–Crippen LogP) is -0.366. The van der Waals surface area contributed by atoms with Crippen molar-refractivity contribution in [3.8, 4) is 5.88 Å².